The van der Waals surface area contributed by atoms with Crippen molar-refractivity contribution >= 4 is 23.3 Å². The number of nitrogens with zero attached hydrogens (tertiary/aromatic N) is 2. The minimum absolute atomic E-state index is 0.0432. The van der Waals surface area contributed by atoms with Crippen LogP contribution in [-0.2, 0) is 7.05 Å². The number of halogens is 3. The Kier molecular flexibility index (Phi) is 4.08. The first-order chi connectivity index (χ1) is 11.0. The molecule has 2 aromatic rings. The number of carbonyl (C=O) groups excluding carboxylic acids is 1. The maximum atomic E-state index is 12.9. The highest BCUT2D eigenvalue weighted by Gasteiger charge is 2.28. The summed E-state index contributed by atoms with van der Waals surface area (Å²) in [6.45, 7) is 0.223. The van der Waals surface area contributed by atoms with Crippen LogP contribution in [0.3, 0.4) is 0 Å². The number of urea groups is 1. The number of hydrogen-bond acceptors (Lipinski definition) is 3. The number of benzene rings is 1. The Morgan fingerprint density at radius 1 is 1.52 bits per heavy atom. The fourth-order valence-electron chi connectivity index (χ4n) is 2.43. The zero-order chi connectivity index (χ0) is 16.6. The Bertz CT molecular complexity index is 750. The molecule has 0 saturated heterocycles. The SMILES string of the molecule is Cn1cc(NC(=O)NC2COc3cccc(Cl)c32)c(C(F)F)n1. The lowest BCUT2D eigenvalue weighted by molar-refractivity contribution is 0.146. The molecule has 9 heteroatoms. The molecule has 2 N–H and O–H groups in total. The van der Waals surface area contributed by atoms with Crippen LogP contribution in [0.1, 0.15) is 23.7 Å². The molecular formula is C14H13ClF2N4O2. The predicted molar refractivity (Wildman–Crippen MR) is 80.0 cm³/mol. The van der Waals surface area contributed by atoms with Gasteiger partial charge in [0, 0.05) is 23.8 Å². The van der Waals surface area contributed by atoms with E-state index in [4.69, 9.17) is 16.3 Å². The van der Waals surface area contributed by atoms with E-state index >= 15 is 0 Å². The van der Waals surface area contributed by atoms with Gasteiger partial charge in [-0.05, 0) is 12.1 Å². The lowest BCUT2D eigenvalue weighted by Crippen LogP contribution is -2.33. The number of ether oxygens (including phenoxy) is 1. The van der Waals surface area contributed by atoms with Crippen LogP contribution in [0.4, 0.5) is 19.3 Å². The zero-order valence-electron chi connectivity index (χ0n) is 12.0. The van der Waals surface area contributed by atoms with Gasteiger partial charge in [-0.15, -0.1) is 0 Å². The highest BCUT2D eigenvalue weighted by atomic mass is 35.5. The number of aryl methyl sites for hydroxylation is 1. The van der Waals surface area contributed by atoms with Gasteiger partial charge in [0.2, 0.25) is 0 Å². The number of nitrogens with one attached hydrogen (secondary N) is 2. The third kappa shape index (κ3) is 3.07. The molecule has 0 fully saturated rings. The summed E-state index contributed by atoms with van der Waals surface area (Å²) < 4.78 is 32.4. The highest BCUT2D eigenvalue weighted by Crippen LogP contribution is 2.37. The number of aromatic nitrogens is 2. The molecule has 1 aliphatic heterocycles. The molecule has 1 atom stereocenters. The number of hydrogen-bond donors (Lipinski definition) is 2. The van der Waals surface area contributed by atoms with Crippen LogP contribution in [0.25, 0.3) is 0 Å². The van der Waals surface area contributed by atoms with E-state index in [-0.39, 0.29) is 12.3 Å². The molecule has 122 valence electrons. The topological polar surface area (TPSA) is 68.2 Å². The molecule has 0 saturated carbocycles. The van der Waals surface area contributed by atoms with Crippen LogP contribution < -0.4 is 15.4 Å². The van der Waals surface area contributed by atoms with Crippen molar-refractivity contribution in [1.82, 2.24) is 15.1 Å². The molecule has 23 heavy (non-hydrogen) atoms. The van der Waals surface area contributed by atoms with E-state index in [2.05, 4.69) is 15.7 Å². The van der Waals surface area contributed by atoms with Crippen molar-refractivity contribution in [3.05, 3.63) is 40.7 Å². The summed E-state index contributed by atoms with van der Waals surface area (Å²) in [7, 11) is 1.50. The number of carbonyl (C=O) groups is 1. The van der Waals surface area contributed by atoms with Gasteiger partial charge in [-0.2, -0.15) is 5.10 Å². The van der Waals surface area contributed by atoms with E-state index in [1.54, 1.807) is 18.2 Å². The van der Waals surface area contributed by atoms with Gasteiger partial charge in [-0.25, -0.2) is 13.6 Å². The maximum Gasteiger partial charge on any atom is 0.319 e. The number of alkyl halides is 2. The first-order valence-corrected chi connectivity index (χ1v) is 7.14. The summed E-state index contributed by atoms with van der Waals surface area (Å²) in [5.41, 5.74) is 0.145. The van der Waals surface area contributed by atoms with E-state index in [0.717, 1.165) is 0 Å². The number of anilines is 1. The van der Waals surface area contributed by atoms with Gasteiger partial charge >= 0.3 is 6.03 Å². The standard InChI is InChI=1S/C14H13ClF2N4O2/c1-21-5-8(12(20-21)13(16)17)18-14(22)19-9-6-23-10-4-2-3-7(15)11(9)10/h2-5,9,13H,6H2,1H3,(H2,18,19,22). The maximum absolute atomic E-state index is 12.9. The average Bonchev–Trinajstić information content (AvgIpc) is 3.04. The van der Waals surface area contributed by atoms with Gasteiger partial charge in [0.15, 0.2) is 5.69 Å². The van der Waals surface area contributed by atoms with Crippen molar-refractivity contribution in [2.75, 3.05) is 11.9 Å². The van der Waals surface area contributed by atoms with Crippen molar-refractivity contribution < 1.29 is 18.3 Å². The van der Waals surface area contributed by atoms with Crippen LogP contribution in [0.5, 0.6) is 5.75 Å². The molecule has 0 radical (unpaired) electrons. The van der Waals surface area contributed by atoms with E-state index in [0.29, 0.717) is 16.3 Å². The average molecular weight is 343 g/mol. The lowest BCUT2D eigenvalue weighted by Gasteiger charge is -2.13. The first-order valence-electron chi connectivity index (χ1n) is 6.76. The van der Waals surface area contributed by atoms with Crippen LogP contribution in [0, 0.1) is 0 Å². The molecule has 2 heterocycles. The molecule has 0 aliphatic carbocycles. The first kappa shape index (κ1) is 15.5. The quantitative estimate of drug-likeness (QED) is 0.899. The predicted octanol–water partition coefficient (Wildman–Crippen LogP) is 3.27. The van der Waals surface area contributed by atoms with Gasteiger partial charge in [0.05, 0.1) is 11.7 Å². The van der Waals surface area contributed by atoms with Gasteiger partial charge < -0.3 is 15.4 Å². The fraction of sp³-hybridized carbons (Fsp3) is 0.286. The molecule has 1 aliphatic rings. The van der Waals surface area contributed by atoms with Crippen LogP contribution in [-0.4, -0.2) is 22.4 Å². The van der Waals surface area contributed by atoms with E-state index in [1.165, 1.54) is 17.9 Å². The highest BCUT2D eigenvalue weighted by molar-refractivity contribution is 6.31. The second-order valence-electron chi connectivity index (χ2n) is 5.02. The lowest BCUT2D eigenvalue weighted by atomic mass is 10.1. The minimum atomic E-state index is -2.78. The van der Waals surface area contributed by atoms with Gasteiger partial charge in [0.1, 0.15) is 12.4 Å². The van der Waals surface area contributed by atoms with Crippen LogP contribution in [0.2, 0.25) is 5.02 Å². The van der Waals surface area contributed by atoms with Crippen molar-refractivity contribution in [2.24, 2.45) is 7.05 Å². The molecule has 2 amide bonds. The second kappa shape index (κ2) is 6.04. The Hall–Kier alpha value is -2.35. The molecule has 3 rings (SSSR count). The Balaban J connectivity index is 1.73. The van der Waals surface area contributed by atoms with Crippen molar-refractivity contribution in [3.63, 3.8) is 0 Å². The fourth-order valence-corrected chi connectivity index (χ4v) is 2.73. The monoisotopic (exact) mass is 342 g/mol. The van der Waals surface area contributed by atoms with E-state index < -0.39 is 24.2 Å². The van der Waals surface area contributed by atoms with Crippen LogP contribution >= 0.6 is 11.6 Å². The third-order valence-electron chi connectivity index (χ3n) is 3.38. The van der Waals surface area contributed by atoms with Gasteiger partial charge in [0.25, 0.3) is 6.43 Å². The minimum Gasteiger partial charge on any atom is -0.491 e. The van der Waals surface area contributed by atoms with Crippen molar-refractivity contribution in [1.29, 1.82) is 0 Å². The summed E-state index contributed by atoms with van der Waals surface area (Å²) in [6, 6.07) is 4.09. The second-order valence-corrected chi connectivity index (χ2v) is 5.42. The molecule has 1 aromatic carbocycles. The third-order valence-corrected chi connectivity index (χ3v) is 3.71. The summed E-state index contributed by atoms with van der Waals surface area (Å²) in [4.78, 5) is 12.1. The summed E-state index contributed by atoms with van der Waals surface area (Å²) in [6.07, 6.45) is -1.47. The number of rotatable bonds is 3. The van der Waals surface area contributed by atoms with Crippen molar-refractivity contribution in [2.45, 2.75) is 12.5 Å². The van der Waals surface area contributed by atoms with E-state index in [9.17, 15) is 13.6 Å². The Labute approximate surface area is 135 Å². The van der Waals surface area contributed by atoms with Crippen molar-refractivity contribution in [3.8, 4) is 5.75 Å². The molecule has 6 nitrogen and oxygen atoms in total. The van der Waals surface area contributed by atoms with Crippen LogP contribution in [0.15, 0.2) is 24.4 Å². The number of fused-ring (bicyclic) bond motifs is 1. The Morgan fingerprint density at radius 3 is 3.04 bits per heavy atom. The summed E-state index contributed by atoms with van der Waals surface area (Å²) >= 11 is 6.11. The normalized spacial score (nSPS) is 16.1. The number of amides is 2. The largest absolute Gasteiger partial charge is 0.491 e. The van der Waals surface area contributed by atoms with E-state index in [1.807, 2.05) is 0 Å². The summed E-state index contributed by atoms with van der Waals surface area (Å²) in [5, 5.41) is 9.13. The van der Waals surface area contributed by atoms with Gasteiger partial charge in [-0.3, -0.25) is 4.68 Å². The summed E-state index contributed by atoms with van der Waals surface area (Å²) in [5.74, 6) is 0.595. The van der Waals surface area contributed by atoms with Gasteiger partial charge in [-0.1, -0.05) is 17.7 Å². The smallest absolute Gasteiger partial charge is 0.319 e. The molecular weight excluding hydrogens is 330 g/mol. The molecule has 1 aromatic heterocycles. The molecule has 1 unspecified atom stereocenters. The molecule has 0 bridgehead atoms. The molecule has 0 spiro atoms. The Morgan fingerprint density at radius 2 is 2.30 bits per heavy atom. The zero-order valence-corrected chi connectivity index (χ0v) is 12.8.